The second-order valence-electron chi connectivity index (χ2n) is 4.06. The Kier molecular flexibility index (Phi) is 19.6. The smallest absolute Gasteiger partial charge is 0.300 e. The molecule has 0 saturated carbocycles. The number of aliphatic hydroxyl groups excluding tert-OH is 1. The second kappa shape index (κ2) is 18.3. The molecule has 0 fully saturated rings. The summed E-state index contributed by atoms with van der Waals surface area (Å²) in [5.41, 5.74) is 0. The molecule has 0 aromatic heterocycles. The maximum atomic E-state index is 9.00. The summed E-state index contributed by atoms with van der Waals surface area (Å²) in [6, 6.07) is 0. The van der Waals surface area contributed by atoms with Crippen molar-refractivity contribution in [3.05, 3.63) is 24.3 Å². The molecule has 0 aliphatic rings. The van der Waals surface area contributed by atoms with Gasteiger partial charge in [0, 0.05) is 13.5 Å². The quantitative estimate of drug-likeness (QED) is 0.485. The zero-order valence-electron chi connectivity index (χ0n) is 11.8. The summed E-state index contributed by atoms with van der Waals surface area (Å²) >= 11 is 0. The first-order valence-corrected chi connectivity index (χ1v) is 6.71. The molecular formula is C15H28O3. The van der Waals surface area contributed by atoms with Crippen molar-refractivity contribution in [3.8, 4) is 0 Å². The lowest BCUT2D eigenvalue weighted by Gasteiger charge is -1.95. The lowest BCUT2D eigenvalue weighted by molar-refractivity contribution is -0.134. The third kappa shape index (κ3) is 29.4. The van der Waals surface area contributed by atoms with Gasteiger partial charge in [-0.1, -0.05) is 37.1 Å². The molecule has 3 nitrogen and oxygen atoms in total. The zero-order valence-corrected chi connectivity index (χ0v) is 11.8. The summed E-state index contributed by atoms with van der Waals surface area (Å²) < 4.78 is 0. The standard InChI is InChI=1S/C13H24O.C2H4O2/c1-2-3-4-5-6-7-8-9-10-11-12-13-14;1-2(3)4/h2-3,6-7,14H,4-5,8-13H2,1H3;1H3,(H,3,4). The van der Waals surface area contributed by atoms with E-state index in [4.69, 9.17) is 15.0 Å². The van der Waals surface area contributed by atoms with Gasteiger partial charge in [-0.2, -0.15) is 0 Å². The Labute approximate surface area is 111 Å². The van der Waals surface area contributed by atoms with Crippen molar-refractivity contribution in [1.29, 1.82) is 0 Å². The van der Waals surface area contributed by atoms with Crippen molar-refractivity contribution in [2.75, 3.05) is 6.61 Å². The molecule has 0 amide bonds. The summed E-state index contributed by atoms with van der Waals surface area (Å²) in [6.45, 7) is 3.49. The van der Waals surface area contributed by atoms with Gasteiger partial charge in [-0.15, -0.1) is 0 Å². The number of aliphatic hydroxyl groups is 1. The summed E-state index contributed by atoms with van der Waals surface area (Å²) in [4.78, 5) is 9.00. The van der Waals surface area contributed by atoms with E-state index in [9.17, 15) is 0 Å². The molecule has 2 N–H and O–H groups in total. The Bertz CT molecular complexity index is 216. The second-order valence-corrected chi connectivity index (χ2v) is 4.06. The molecule has 3 heteroatoms. The molecule has 0 aromatic rings. The normalized spacial score (nSPS) is 10.6. The molecule has 0 heterocycles. The molecule has 0 spiro atoms. The van der Waals surface area contributed by atoms with Crippen LogP contribution < -0.4 is 0 Å². The predicted molar refractivity (Wildman–Crippen MR) is 76.7 cm³/mol. The lowest BCUT2D eigenvalue weighted by Crippen LogP contribution is -1.82. The number of aliphatic carboxylic acids is 1. The monoisotopic (exact) mass is 256 g/mol. The Hall–Kier alpha value is -1.09. The minimum Gasteiger partial charge on any atom is -0.481 e. The van der Waals surface area contributed by atoms with Crippen LogP contribution in [0, 0.1) is 0 Å². The SMILES string of the molecule is CC(=O)O.CC=CCCC=CCCCCCCO. The van der Waals surface area contributed by atoms with Gasteiger partial charge in [0.2, 0.25) is 0 Å². The number of rotatable bonds is 9. The number of hydrogen-bond acceptors (Lipinski definition) is 2. The van der Waals surface area contributed by atoms with E-state index >= 15 is 0 Å². The largest absolute Gasteiger partial charge is 0.481 e. The molecule has 0 atom stereocenters. The number of unbranched alkanes of at least 4 members (excludes halogenated alkanes) is 5. The number of carbonyl (C=O) groups is 1. The van der Waals surface area contributed by atoms with Gasteiger partial charge >= 0.3 is 0 Å². The van der Waals surface area contributed by atoms with E-state index in [1.54, 1.807) is 0 Å². The van der Waals surface area contributed by atoms with Crippen LogP contribution in [0.15, 0.2) is 24.3 Å². The maximum Gasteiger partial charge on any atom is 0.300 e. The highest BCUT2D eigenvalue weighted by Crippen LogP contribution is 2.04. The van der Waals surface area contributed by atoms with E-state index in [2.05, 4.69) is 31.2 Å². The van der Waals surface area contributed by atoms with E-state index in [1.165, 1.54) is 32.1 Å². The van der Waals surface area contributed by atoms with Crippen molar-refractivity contribution in [1.82, 2.24) is 0 Å². The molecule has 0 aromatic carbocycles. The third-order valence-electron chi connectivity index (χ3n) is 2.18. The summed E-state index contributed by atoms with van der Waals surface area (Å²) in [6.07, 6.45) is 17.0. The van der Waals surface area contributed by atoms with E-state index < -0.39 is 5.97 Å². The molecule has 18 heavy (non-hydrogen) atoms. The molecule has 0 radical (unpaired) electrons. The fraction of sp³-hybridized carbons (Fsp3) is 0.667. The fourth-order valence-corrected chi connectivity index (χ4v) is 1.32. The first-order chi connectivity index (χ1) is 8.65. The van der Waals surface area contributed by atoms with Crippen molar-refractivity contribution in [2.45, 2.75) is 58.8 Å². The average Bonchev–Trinajstić information content (AvgIpc) is 2.31. The van der Waals surface area contributed by atoms with Crippen LogP contribution in [0.2, 0.25) is 0 Å². The molecule has 106 valence electrons. The van der Waals surface area contributed by atoms with Crippen molar-refractivity contribution >= 4 is 5.97 Å². The Morgan fingerprint density at radius 3 is 2.00 bits per heavy atom. The number of carboxylic acid groups (broad SMARTS) is 1. The number of allylic oxidation sites excluding steroid dienone is 4. The molecule has 0 bridgehead atoms. The van der Waals surface area contributed by atoms with Crippen molar-refractivity contribution in [2.24, 2.45) is 0 Å². The Balaban J connectivity index is 0. The average molecular weight is 256 g/mol. The van der Waals surface area contributed by atoms with Crippen LogP contribution in [0.1, 0.15) is 58.8 Å². The van der Waals surface area contributed by atoms with Gasteiger partial charge in [-0.3, -0.25) is 4.79 Å². The van der Waals surface area contributed by atoms with E-state index in [0.717, 1.165) is 19.8 Å². The van der Waals surface area contributed by atoms with E-state index in [-0.39, 0.29) is 0 Å². The molecule has 0 aliphatic carbocycles. The van der Waals surface area contributed by atoms with E-state index in [1.807, 2.05) is 0 Å². The molecule has 0 rings (SSSR count). The van der Waals surface area contributed by atoms with Crippen molar-refractivity contribution < 1.29 is 15.0 Å². The molecule has 0 unspecified atom stereocenters. The molecule has 0 aliphatic heterocycles. The lowest BCUT2D eigenvalue weighted by atomic mass is 10.1. The van der Waals surface area contributed by atoms with Gasteiger partial charge in [-0.05, 0) is 39.0 Å². The van der Waals surface area contributed by atoms with Gasteiger partial charge in [-0.25, -0.2) is 0 Å². The number of carboxylic acids is 1. The van der Waals surface area contributed by atoms with Crippen LogP contribution in [0.3, 0.4) is 0 Å². The minimum absolute atomic E-state index is 0.346. The Morgan fingerprint density at radius 1 is 0.944 bits per heavy atom. The van der Waals surface area contributed by atoms with Gasteiger partial charge in [0.15, 0.2) is 0 Å². The fourth-order valence-electron chi connectivity index (χ4n) is 1.32. The van der Waals surface area contributed by atoms with Crippen LogP contribution in [0.5, 0.6) is 0 Å². The topological polar surface area (TPSA) is 57.5 Å². The summed E-state index contributed by atoms with van der Waals surface area (Å²) in [5.74, 6) is -0.833. The van der Waals surface area contributed by atoms with Gasteiger partial charge < -0.3 is 10.2 Å². The maximum absolute atomic E-state index is 9.00. The number of hydrogen-bond donors (Lipinski definition) is 2. The van der Waals surface area contributed by atoms with Crippen LogP contribution in [0.4, 0.5) is 0 Å². The first-order valence-electron chi connectivity index (χ1n) is 6.71. The van der Waals surface area contributed by atoms with Gasteiger partial charge in [0.1, 0.15) is 0 Å². The predicted octanol–water partition coefficient (Wildman–Crippen LogP) is 3.93. The highest BCUT2D eigenvalue weighted by Gasteiger charge is 1.86. The summed E-state index contributed by atoms with van der Waals surface area (Å²) in [7, 11) is 0. The van der Waals surface area contributed by atoms with Gasteiger partial charge in [0.25, 0.3) is 5.97 Å². The van der Waals surface area contributed by atoms with Crippen LogP contribution in [-0.4, -0.2) is 22.8 Å². The molecule has 0 saturated heterocycles. The van der Waals surface area contributed by atoms with Gasteiger partial charge in [0.05, 0.1) is 0 Å². The van der Waals surface area contributed by atoms with E-state index in [0.29, 0.717) is 6.61 Å². The summed E-state index contributed by atoms with van der Waals surface area (Å²) in [5, 5.41) is 16.0. The zero-order chi connectivity index (χ0) is 14.1. The highest BCUT2D eigenvalue weighted by atomic mass is 16.4. The third-order valence-corrected chi connectivity index (χ3v) is 2.18. The van der Waals surface area contributed by atoms with Crippen LogP contribution in [-0.2, 0) is 4.79 Å². The first kappa shape index (κ1) is 19.3. The Morgan fingerprint density at radius 2 is 1.44 bits per heavy atom. The molecular weight excluding hydrogens is 228 g/mol. The van der Waals surface area contributed by atoms with Crippen LogP contribution >= 0.6 is 0 Å². The van der Waals surface area contributed by atoms with Crippen molar-refractivity contribution in [3.63, 3.8) is 0 Å². The highest BCUT2D eigenvalue weighted by molar-refractivity contribution is 5.62. The van der Waals surface area contributed by atoms with Crippen LogP contribution in [0.25, 0.3) is 0 Å². The minimum atomic E-state index is -0.833.